The van der Waals surface area contributed by atoms with Crippen molar-refractivity contribution in [1.29, 1.82) is 0 Å². The molecule has 4 aromatic rings. The number of benzene rings is 2. The molecular formula is C23H22N6O. The van der Waals surface area contributed by atoms with Crippen molar-refractivity contribution in [1.82, 2.24) is 19.5 Å². The van der Waals surface area contributed by atoms with E-state index in [1.54, 1.807) is 12.4 Å². The smallest absolute Gasteiger partial charge is 0.225 e. The topological polar surface area (TPSA) is 67.2 Å². The first-order chi connectivity index (χ1) is 14.8. The van der Waals surface area contributed by atoms with Crippen molar-refractivity contribution in [2.45, 2.75) is 6.54 Å². The third kappa shape index (κ3) is 3.50. The van der Waals surface area contributed by atoms with Crippen LogP contribution in [-0.2, 0) is 6.54 Å². The molecule has 1 saturated heterocycles. The Labute approximate surface area is 174 Å². The van der Waals surface area contributed by atoms with E-state index in [1.165, 1.54) is 0 Å². The molecule has 0 spiro atoms. The van der Waals surface area contributed by atoms with Crippen LogP contribution in [0.3, 0.4) is 0 Å². The summed E-state index contributed by atoms with van der Waals surface area (Å²) in [5.41, 5.74) is 2.60. The first kappa shape index (κ1) is 18.3. The van der Waals surface area contributed by atoms with Crippen molar-refractivity contribution >= 4 is 28.7 Å². The number of fused-ring (bicyclic) bond motifs is 1. The summed E-state index contributed by atoms with van der Waals surface area (Å²) in [5.74, 6) is 1.68. The standard InChI is InChI=1S/C23H22N6O/c30-21(18-7-2-1-3-8-18)17-29-20-10-5-4-9-19(20)26-23(29)28-15-13-27(14-16-28)22-24-11-6-12-25-22/h1-12H,13-17H2. The van der Waals surface area contributed by atoms with Crippen molar-refractivity contribution < 1.29 is 4.79 Å². The van der Waals surface area contributed by atoms with Crippen LogP contribution in [0.4, 0.5) is 11.9 Å². The number of aromatic nitrogens is 4. The molecule has 0 radical (unpaired) electrons. The molecule has 0 bridgehead atoms. The molecule has 2 aromatic heterocycles. The van der Waals surface area contributed by atoms with Crippen LogP contribution in [-0.4, -0.2) is 51.5 Å². The Hall–Kier alpha value is -3.74. The van der Waals surface area contributed by atoms with Gasteiger partial charge < -0.3 is 14.4 Å². The molecule has 7 nitrogen and oxygen atoms in total. The van der Waals surface area contributed by atoms with Gasteiger partial charge in [-0.25, -0.2) is 15.0 Å². The molecule has 3 heterocycles. The summed E-state index contributed by atoms with van der Waals surface area (Å²) in [6.45, 7) is 3.46. The highest BCUT2D eigenvalue weighted by Gasteiger charge is 2.24. The van der Waals surface area contributed by atoms with Crippen LogP contribution in [0.15, 0.2) is 73.1 Å². The van der Waals surface area contributed by atoms with Crippen LogP contribution >= 0.6 is 0 Å². The first-order valence-electron chi connectivity index (χ1n) is 10.1. The lowest BCUT2D eigenvalue weighted by molar-refractivity contribution is 0.0973. The molecule has 0 aliphatic carbocycles. The zero-order chi connectivity index (χ0) is 20.3. The third-order valence-electron chi connectivity index (χ3n) is 5.43. The number of piperazine rings is 1. The Morgan fingerprint density at radius 2 is 1.47 bits per heavy atom. The van der Waals surface area contributed by atoms with Gasteiger partial charge in [0.2, 0.25) is 11.9 Å². The summed E-state index contributed by atoms with van der Waals surface area (Å²) in [6, 6.07) is 19.2. The van der Waals surface area contributed by atoms with E-state index >= 15 is 0 Å². The second-order valence-corrected chi connectivity index (χ2v) is 7.30. The van der Waals surface area contributed by atoms with Crippen LogP contribution < -0.4 is 9.80 Å². The van der Waals surface area contributed by atoms with Crippen LogP contribution in [0.2, 0.25) is 0 Å². The van der Waals surface area contributed by atoms with E-state index in [0.29, 0.717) is 5.56 Å². The number of hydrogen-bond donors (Lipinski definition) is 0. The van der Waals surface area contributed by atoms with Crippen LogP contribution in [0, 0.1) is 0 Å². The fourth-order valence-electron chi connectivity index (χ4n) is 3.88. The quantitative estimate of drug-likeness (QED) is 0.482. The van der Waals surface area contributed by atoms with E-state index in [1.807, 2.05) is 65.2 Å². The van der Waals surface area contributed by atoms with Gasteiger partial charge in [-0.1, -0.05) is 42.5 Å². The number of anilines is 2. The number of carbonyl (C=O) groups is 1. The molecule has 0 N–H and O–H groups in total. The van der Waals surface area contributed by atoms with E-state index in [2.05, 4.69) is 19.8 Å². The number of ketones is 1. The minimum atomic E-state index is 0.0799. The van der Waals surface area contributed by atoms with E-state index in [4.69, 9.17) is 4.98 Å². The van der Waals surface area contributed by atoms with Gasteiger partial charge in [-0.2, -0.15) is 0 Å². The maximum Gasteiger partial charge on any atom is 0.225 e. The average Bonchev–Trinajstić information content (AvgIpc) is 3.19. The molecule has 30 heavy (non-hydrogen) atoms. The SMILES string of the molecule is O=C(Cn1c(N2CCN(c3ncccn3)CC2)nc2ccccc21)c1ccccc1. The van der Waals surface area contributed by atoms with Gasteiger partial charge >= 0.3 is 0 Å². The highest BCUT2D eigenvalue weighted by atomic mass is 16.1. The van der Waals surface area contributed by atoms with Crippen molar-refractivity contribution in [2.75, 3.05) is 36.0 Å². The second kappa shape index (κ2) is 7.94. The average molecular weight is 398 g/mol. The Balaban J connectivity index is 1.42. The second-order valence-electron chi connectivity index (χ2n) is 7.30. The lowest BCUT2D eigenvalue weighted by Gasteiger charge is -2.35. The molecule has 1 fully saturated rings. The fourth-order valence-corrected chi connectivity index (χ4v) is 3.88. The largest absolute Gasteiger partial charge is 0.339 e. The highest BCUT2D eigenvalue weighted by molar-refractivity contribution is 5.97. The van der Waals surface area contributed by atoms with Gasteiger partial charge in [0, 0.05) is 44.1 Å². The summed E-state index contributed by atoms with van der Waals surface area (Å²) < 4.78 is 2.04. The van der Waals surface area contributed by atoms with E-state index in [0.717, 1.165) is 49.1 Å². The zero-order valence-electron chi connectivity index (χ0n) is 16.6. The number of imidazole rings is 1. The molecule has 1 aliphatic rings. The van der Waals surface area contributed by atoms with Gasteiger partial charge in [0.15, 0.2) is 5.78 Å². The number of carbonyl (C=O) groups excluding carboxylic acids is 1. The number of para-hydroxylation sites is 2. The molecule has 1 aliphatic heterocycles. The molecule has 7 heteroatoms. The van der Waals surface area contributed by atoms with Gasteiger partial charge in [0.25, 0.3) is 0 Å². The number of hydrogen-bond acceptors (Lipinski definition) is 6. The van der Waals surface area contributed by atoms with Crippen LogP contribution in [0.1, 0.15) is 10.4 Å². The van der Waals surface area contributed by atoms with E-state index in [9.17, 15) is 4.79 Å². The predicted octanol–water partition coefficient (Wildman–Crippen LogP) is 3.04. The van der Waals surface area contributed by atoms with Crippen molar-refractivity contribution in [3.8, 4) is 0 Å². The lowest BCUT2D eigenvalue weighted by Crippen LogP contribution is -2.48. The maximum atomic E-state index is 12.9. The lowest BCUT2D eigenvalue weighted by atomic mass is 10.1. The van der Waals surface area contributed by atoms with E-state index in [-0.39, 0.29) is 12.3 Å². The number of nitrogens with zero attached hydrogens (tertiary/aromatic N) is 6. The van der Waals surface area contributed by atoms with Gasteiger partial charge in [-0.3, -0.25) is 4.79 Å². The Morgan fingerprint density at radius 3 is 2.23 bits per heavy atom. The van der Waals surface area contributed by atoms with Crippen LogP contribution in [0.5, 0.6) is 0 Å². The molecular weight excluding hydrogens is 376 g/mol. The molecule has 0 unspecified atom stereocenters. The monoisotopic (exact) mass is 398 g/mol. The highest BCUT2D eigenvalue weighted by Crippen LogP contribution is 2.25. The zero-order valence-corrected chi connectivity index (χ0v) is 16.6. The Morgan fingerprint density at radius 1 is 0.800 bits per heavy atom. The summed E-state index contributed by atoms with van der Waals surface area (Å²) in [4.78, 5) is 30.9. The summed E-state index contributed by atoms with van der Waals surface area (Å²) in [6.07, 6.45) is 3.53. The van der Waals surface area contributed by atoms with Gasteiger partial charge in [0.05, 0.1) is 17.6 Å². The van der Waals surface area contributed by atoms with Gasteiger partial charge in [-0.05, 0) is 18.2 Å². The molecule has 0 amide bonds. The molecule has 150 valence electrons. The van der Waals surface area contributed by atoms with Gasteiger partial charge in [-0.15, -0.1) is 0 Å². The number of rotatable bonds is 5. The van der Waals surface area contributed by atoms with Crippen molar-refractivity contribution in [3.05, 3.63) is 78.6 Å². The number of Topliss-reactive ketones (excluding diaryl/α,β-unsaturated/α-hetero) is 1. The minimum Gasteiger partial charge on any atom is -0.339 e. The molecule has 0 atom stereocenters. The Bertz CT molecular complexity index is 1150. The molecule has 0 saturated carbocycles. The van der Waals surface area contributed by atoms with Crippen molar-refractivity contribution in [2.24, 2.45) is 0 Å². The normalized spacial score (nSPS) is 14.3. The fraction of sp³-hybridized carbons (Fsp3) is 0.217. The van der Waals surface area contributed by atoms with Gasteiger partial charge in [0.1, 0.15) is 0 Å². The first-order valence-corrected chi connectivity index (χ1v) is 10.1. The van der Waals surface area contributed by atoms with Crippen LogP contribution in [0.25, 0.3) is 11.0 Å². The maximum absolute atomic E-state index is 12.9. The molecule has 2 aromatic carbocycles. The third-order valence-corrected chi connectivity index (χ3v) is 5.43. The molecule has 5 rings (SSSR count). The van der Waals surface area contributed by atoms with E-state index < -0.39 is 0 Å². The predicted molar refractivity (Wildman–Crippen MR) is 117 cm³/mol. The summed E-state index contributed by atoms with van der Waals surface area (Å²) >= 11 is 0. The summed E-state index contributed by atoms with van der Waals surface area (Å²) in [7, 11) is 0. The summed E-state index contributed by atoms with van der Waals surface area (Å²) in [5, 5.41) is 0. The minimum absolute atomic E-state index is 0.0799. The van der Waals surface area contributed by atoms with Crippen molar-refractivity contribution in [3.63, 3.8) is 0 Å². The Kier molecular flexibility index (Phi) is 4.85.